The molecular weight excluding hydrogens is 570 g/mol. The Kier molecular flexibility index (Phi) is 8.23. The van der Waals surface area contributed by atoms with Crippen molar-refractivity contribution in [2.45, 2.75) is 127 Å². The summed E-state index contributed by atoms with van der Waals surface area (Å²) in [5, 5.41) is 15.7. The van der Waals surface area contributed by atoms with Crippen molar-refractivity contribution >= 4 is 12.1 Å². The van der Waals surface area contributed by atoms with Crippen LogP contribution in [0, 0.1) is 28.6 Å². The summed E-state index contributed by atoms with van der Waals surface area (Å²) < 4.78 is 11.4. The van der Waals surface area contributed by atoms with Crippen LogP contribution >= 0.6 is 0 Å². The van der Waals surface area contributed by atoms with Crippen LogP contribution in [0.5, 0.6) is 0 Å². The number of nitrogens with one attached hydrogen (secondary N) is 1. The number of aliphatic hydroxyl groups is 1. The van der Waals surface area contributed by atoms with Gasteiger partial charge in [-0.25, -0.2) is 14.4 Å². The van der Waals surface area contributed by atoms with Crippen LogP contribution in [-0.2, 0) is 4.74 Å². The van der Waals surface area contributed by atoms with Gasteiger partial charge in [-0.2, -0.15) is 0 Å². The van der Waals surface area contributed by atoms with Crippen LogP contribution < -0.4 is 10.9 Å². The van der Waals surface area contributed by atoms with Crippen LogP contribution in [0.25, 0.3) is 0 Å². The van der Waals surface area contributed by atoms with Crippen LogP contribution in [0.4, 0.5) is 9.59 Å². The molecule has 2 N–H and O–H groups in total. The van der Waals surface area contributed by atoms with E-state index in [1.54, 1.807) is 11.2 Å². The molecule has 1 saturated heterocycles. The van der Waals surface area contributed by atoms with E-state index in [4.69, 9.17) is 9.15 Å². The summed E-state index contributed by atoms with van der Waals surface area (Å²) >= 11 is 0. The van der Waals surface area contributed by atoms with Crippen LogP contribution in [-0.4, -0.2) is 71.0 Å². The van der Waals surface area contributed by atoms with E-state index >= 15 is 0 Å². The topological polar surface area (TPSA) is 112 Å². The number of hydrogen-bond acceptors (Lipinski definition) is 6. The Labute approximate surface area is 267 Å². The number of hydrogen-bond donors (Lipinski definition) is 2. The summed E-state index contributed by atoms with van der Waals surface area (Å²) in [4.78, 5) is 41.2. The average Bonchev–Trinajstić information content (AvgIpc) is 3.33. The minimum Gasteiger partial charge on any atom is -0.446 e. The highest BCUT2D eigenvalue weighted by molar-refractivity contribution is 5.75. The predicted molar refractivity (Wildman–Crippen MR) is 170 cm³/mol. The van der Waals surface area contributed by atoms with Gasteiger partial charge in [-0.15, -0.1) is 0 Å². The molecule has 248 valence electrons. The van der Waals surface area contributed by atoms with E-state index in [2.05, 4.69) is 19.2 Å². The van der Waals surface area contributed by atoms with Crippen molar-refractivity contribution < 1.29 is 23.8 Å². The number of rotatable bonds is 3. The Bertz CT molecular complexity index is 1300. The van der Waals surface area contributed by atoms with Crippen LogP contribution in [0.3, 0.4) is 0 Å². The number of nitrogens with zero attached hydrogens (tertiary/aromatic N) is 2. The lowest BCUT2D eigenvalue weighted by Crippen LogP contribution is -2.62. The molecule has 1 aromatic rings. The molecule has 1 aromatic heterocycles. The Morgan fingerprint density at radius 1 is 0.889 bits per heavy atom. The van der Waals surface area contributed by atoms with Gasteiger partial charge in [0.2, 0.25) is 0 Å². The zero-order valence-corrected chi connectivity index (χ0v) is 27.3. The molecule has 0 bridgehead atoms. The number of carbonyl (C=O) groups is 2. The maximum absolute atomic E-state index is 13.2. The fraction of sp³-hybridized carbons (Fsp3) is 0.806. The number of urea groups is 1. The third-order valence-electron chi connectivity index (χ3n) is 14.0. The van der Waals surface area contributed by atoms with Gasteiger partial charge >= 0.3 is 17.7 Å². The minimum absolute atomic E-state index is 0.00585. The van der Waals surface area contributed by atoms with E-state index in [-0.39, 0.29) is 52.6 Å². The second-order valence-corrected chi connectivity index (χ2v) is 15.9. The van der Waals surface area contributed by atoms with E-state index in [1.807, 2.05) is 11.0 Å². The molecule has 5 aliphatic carbocycles. The Morgan fingerprint density at radius 2 is 1.64 bits per heavy atom. The summed E-state index contributed by atoms with van der Waals surface area (Å²) in [6.07, 6.45) is 15.7. The van der Waals surface area contributed by atoms with Gasteiger partial charge in [-0.3, -0.25) is 0 Å². The number of piperazine rings is 1. The summed E-state index contributed by atoms with van der Waals surface area (Å²) in [6.45, 7) is 6.85. The number of ether oxygens (including phenoxy) is 1. The zero-order chi connectivity index (χ0) is 31.4. The van der Waals surface area contributed by atoms with E-state index in [0.717, 1.165) is 76.2 Å². The molecule has 45 heavy (non-hydrogen) atoms. The molecule has 5 saturated carbocycles. The van der Waals surface area contributed by atoms with Crippen LogP contribution in [0.1, 0.15) is 115 Å². The Balaban J connectivity index is 0.937. The first kappa shape index (κ1) is 31.1. The molecule has 1 aliphatic heterocycles. The minimum atomic E-state index is -0.719. The van der Waals surface area contributed by atoms with Gasteiger partial charge in [0, 0.05) is 43.7 Å². The molecule has 8 atom stereocenters. The van der Waals surface area contributed by atoms with Crippen molar-refractivity contribution in [2.75, 3.05) is 26.2 Å². The average molecular weight is 624 g/mol. The summed E-state index contributed by atoms with van der Waals surface area (Å²) in [7, 11) is 0. The lowest BCUT2D eigenvalue weighted by Gasteiger charge is -2.63. The third-order valence-corrected chi connectivity index (χ3v) is 14.0. The second-order valence-electron chi connectivity index (χ2n) is 15.9. The summed E-state index contributed by atoms with van der Waals surface area (Å²) in [5.74, 6) is 1.41. The molecule has 0 aromatic carbocycles. The molecule has 6 aliphatic rings. The van der Waals surface area contributed by atoms with Crippen molar-refractivity contribution in [3.8, 4) is 0 Å². The molecule has 2 heterocycles. The van der Waals surface area contributed by atoms with E-state index in [9.17, 15) is 19.5 Å². The number of carbonyl (C=O) groups excluding carboxylic acids is 2. The van der Waals surface area contributed by atoms with Gasteiger partial charge in [0.15, 0.2) is 0 Å². The van der Waals surface area contributed by atoms with Gasteiger partial charge < -0.3 is 29.4 Å². The second kappa shape index (κ2) is 11.9. The van der Waals surface area contributed by atoms with Gasteiger partial charge in [-0.1, -0.05) is 33.1 Å². The molecule has 7 rings (SSSR count). The fourth-order valence-electron chi connectivity index (χ4n) is 11.2. The highest BCUT2D eigenvalue weighted by atomic mass is 16.6. The zero-order valence-electron chi connectivity index (χ0n) is 27.3. The van der Waals surface area contributed by atoms with E-state index < -0.39 is 5.60 Å². The van der Waals surface area contributed by atoms with E-state index in [0.29, 0.717) is 38.0 Å². The molecule has 3 amide bonds. The van der Waals surface area contributed by atoms with Crippen molar-refractivity contribution in [2.24, 2.45) is 28.6 Å². The number of fused-ring (bicyclic) bond motifs is 5. The van der Waals surface area contributed by atoms with Gasteiger partial charge in [0.05, 0.1) is 11.9 Å². The highest BCUT2D eigenvalue weighted by Crippen LogP contribution is 2.70. The van der Waals surface area contributed by atoms with Gasteiger partial charge in [0.1, 0.15) is 6.10 Å². The Morgan fingerprint density at radius 3 is 2.38 bits per heavy atom. The lowest BCUT2D eigenvalue weighted by atomic mass is 9.43. The largest absolute Gasteiger partial charge is 0.446 e. The summed E-state index contributed by atoms with van der Waals surface area (Å²) in [6, 6.07) is 3.70. The molecule has 9 heteroatoms. The standard InChI is InChI=1S/C36H53N3O6/c1-34-15-12-27(45-33(42)39-20-18-38(19-21-39)32(41)37-26-6-4-3-5-7-26)22-25(34)9-10-30-29(34)13-16-35(2)28(14-17-36(30,35)43)24-8-11-31(40)44-23-24/h8,11,23,25-30,43H,3-7,9-10,12-22H2,1-2H3,(H,37,41)/t25-,27+,28-,29+,30-,34+,35-,36+/m1/s1. The van der Waals surface area contributed by atoms with Crippen LogP contribution in [0.2, 0.25) is 0 Å². The fourth-order valence-corrected chi connectivity index (χ4v) is 11.2. The summed E-state index contributed by atoms with van der Waals surface area (Å²) in [5.41, 5.74) is -0.103. The first-order chi connectivity index (χ1) is 21.6. The van der Waals surface area contributed by atoms with Crippen molar-refractivity contribution in [1.82, 2.24) is 15.1 Å². The third kappa shape index (κ3) is 5.39. The maximum atomic E-state index is 13.2. The van der Waals surface area contributed by atoms with Crippen molar-refractivity contribution in [3.63, 3.8) is 0 Å². The first-order valence-corrected chi connectivity index (χ1v) is 17.9. The lowest BCUT2D eigenvalue weighted by molar-refractivity contribution is -0.205. The molecule has 6 fully saturated rings. The quantitative estimate of drug-likeness (QED) is 0.424. The predicted octanol–water partition coefficient (Wildman–Crippen LogP) is 6.05. The molecule has 0 spiro atoms. The normalized spacial score (nSPS) is 40.2. The van der Waals surface area contributed by atoms with Gasteiger partial charge in [0.25, 0.3) is 0 Å². The SMILES string of the molecule is C[C@]12CC[C@H](OC(=O)N3CCN(C(=O)NC4CCCCC4)CC3)C[C@H]1CC[C@@H]1[C@@H]2CC[C@]2(C)[C@@H](c3ccc(=O)oc3)CC[C@]12O. The number of amides is 3. The monoisotopic (exact) mass is 623 g/mol. The first-order valence-electron chi connectivity index (χ1n) is 17.9. The molecule has 9 nitrogen and oxygen atoms in total. The highest BCUT2D eigenvalue weighted by Gasteiger charge is 2.67. The van der Waals surface area contributed by atoms with Crippen molar-refractivity contribution in [1.29, 1.82) is 0 Å². The molecule has 0 unspecified atom stereocenters. The molecule has 0 radical (unpaired) electrons. The van der Waals surface area contributed by atoms with Crippen LogP contribution in [0.15, 0.2) is 27.6 Å². The molecular formula is C36H53N3O6. The smallest absolute Gasteiger partial charge is 0.410 e. The van der Waals surface area contributed by atoms with E-state index in [1.165, 1.54) is 25.3 Å². The van der Waals surface area contributed by atoms with Gasteiger partial charge in [-0.05, 0) is 111 Å². The Hall–Kier alpha value is -2.55. The van der Waals surface area contributed by atoms with Crippen molar-refractivity contribution in [3.05, 3.63) is 34.4 Å². The maximum Gasteiger partial charge on any atom is 0.410 e.